The quantitative estimate of drug-likeness (QED) is 0.313. The Morgan fingerprint density at radius 3 is 2.41 bits per heavy atom. The fraction of sp³-hybridized carbons (Fsp3) is 0.0909. The molecule has 0 radical (unpaired) electrons. The van der Waals surface area contributed by atoms with Crippen molar-refractivity contribution in [1.29, 1.82) is 0 Å². The first-order valence-electron chi connectivity index (χ1n) is 9.07. The molecule has 6 nitrogen and oxygen atoms in total. The van der Waals surface area contributed by atoms with Gasteiger partial charge in [0.25, 0.3) is 5.91 Å². The lowest BCUT2D eigenvalue weighted by Crippen LogP contribution is -2.23. The molecule has 3 rings (SSSR count). The maximum atomic E-state index is 13.9. The third kappa shape index (κ3) is 5.79. The Labute approximate surface area is 204 Å². The monoisotopic (exact) mass is 585 g/mol. The normalized spacial score (nSPS) is 10.6. The van der Waals surface area contributed by atoms with Gasteiger partial charge in [-0.2, -0.15) is 0 Å². The van der Waals surface area contributed by atoms with E-state index >= 15 is 0 Å². The van der Waals surface area contributed by atoms with Crippen molar-refractivity contribution in [3.8, 4) is 17.2 Å². The van der Waals surface area contributed by atoms with Crippen molar-refractivity contribution in [3.63, 3.8) is 0 Å². The summed E-state index contributed by atoms with van der Waals surface area (Å²) in [5, 5.41) is 21.8. The summed E-state index contributed by atoms with van der Waals surface area (Å²) in [6, 6.07) is 11.5. The molecule has 1 amide bonds. The van der Waals surface area contributed by atoms with Crippen molar-refractivity contribution in [1.82, 2.24) is 5.32 Å². The first-order chi connectivity index (χ1) is 15.2. The summed E-state index contributed by atoms with van der Waals surface area (Å²) < 4.78 is 20.7. The Bertz CT molecular complexity index is 1160. The van der Waals surface area contributed by atoms with Crippen LogP contribution >= 0.6 is 43.5 Å². The summed E-state index contributed by atoms with van der Waals surface area (Å²) in [5.41, 5.74) is 0.606. The van der Waals surface area contributed by atoms with Crippen LogP contribution in [-0.2, 0) is 17.8 Å². The van der Waals surface area contributed by atoms with Crippen LogP contribution < -0.4 is 10.1 Å². The molecular weight excluding hydrogens is 573 g/mol. The molecule has 3 aromatic carbocycles. The van der Waals surface area contributed by atoms with E-state index in [9.17, 15) is 19.1 Å². The maximum Gasteiger partial charge on any atom is 0.307 e. The topological polar surface area (TPSA) is 95.9 Å². The predicted molar refractivity (Wildman–Crippen MR) is 124 cm³/mol. The van der Waals surface area contributed by atoms with Gasteiger partial charge in [-0.25, -0.2) is 4.39 Å². The number of phenolic OH excluding ortho intramolecular Hbond substituents is 1. The van der Waals surface area contributed by atoms with Gasteiger partial charge in [-0.15, -0.1) is 0 Å². The van der Waals surface area contributed by atoms with Crippen molar-refractivity contribution in [2.45, 2.75) is 13.0 Å². The number of hydrogen-bond acceptors (Lipinski definition) is 4. The van der Waals surface area contributed by atoms with Crippen LogP contribution in [0.15, 0.2) is 57.5 Å². The highest BCUT2D eigenvalue weighted by Gasteiger charge is 2.17. The molecule has 3 N–H and O–H groups in total. The molecule has 0 aliphatic carbocycles. The maximum absolute atomic E-state index is 13.9. The van der Waals surface area contributed by atoms with Crippen LogP contribution in [0.3, 0.4) is 0 Å². The Balaban J connectivity index is 1.80. The molecule has 3 aromatic rings. The number of phenols is 1. The van der Waals surface area contributed by atoms with Crippen LogP contribution in [0.25, 0.3) is 0 Å². The van der Waals surface area contributed by atoms with Crippen LogP contribution in [0.5, 0.6) is 17.2 Å². The zero-order valence-corrected chi connectivity index (χ0v) is 20.1. The van der Waals surface area contributed by atoms with Gasteiger partial charge in [0.1, 0.15) is 17.3 Å². The van der Waals surface area contributed by atoms with Crippen LogP contribution in [0.2, 0.25) is 5.02 Å². The van der Waals surface area contributed by atoms with Crippen molar-refractivity contribution >= 4 is 55.3 Å². The van der Waals surface area contributed by atoms with E-state index in [1.54, 1.807) is 12.1 Å². The first-order valence-corrected chi connectivity index (χ1v) is 11.0. The number of hydrogen-bond donors (Lipinski definition) is 3. The third-order valence-corrected chi connectivity index (χ3v) is 5.87. The Kier molecular flexibility index (Phi) is 7.76. The largest absolute Gasteiger partial charge is 0.507 e. The molecule has 32 heavy (non-hydrogen) atoms. The number of ether oxygens (including phenoxy) is 1. The molecule has 0 aliphatic rings. The number of aliphatic carboxylic acids is 1. The van der Waals surface area contributed by atoms with Gasteiger partial charge < -0.3 is 20.3 Å². The minimum absolute atomic E-state index is 0.0790. The first kappa shape index (κ1) is 24.0. The lowest BCUT2D eigenvalue weighted by molar-refractivity contribution is -0.136. The summed E-state index contributed by atoms with van der Waals surface area (Å²) in [5.74, 6) is -1.87. The lowest BCUT2D eigenvalue weighted by Gasteiger charge is -2.13. The molecule has 0 saturated heterocycles. The molecule has 0 atom stereocenters. The van der Waals surface area contributed by atoms with E-state index in [2.05, 4.69) is 37.2 Å². The van der Waals surface area contributed by atoms with Gasteiger partial charge in [-0.05, 0) is 79.9 Å². The van der Waals surface area contributed by atoms with E-state index in [4.69, 9.17) is 21.4 Å². The van der Waals surface area contributed by atoms with E-state index in [1.165, 1.54) is 36.4 Å². The highest BCUT2D eigenvalue weighted by molar-refractivity contribution is 9.11. The fourth-order valence-corrected chi connectivity index (χ4v) is 4.50. The summed E-state index contributed by atoms with van der Waals surface area (Å²) in [7, 11) is 0. The summed E-state index contributed by atoms with van der Waals surface area (Å²) in [6.07, 6.45) is -0.160. The molecule has 0 spiro atoms. The number of benzene rings is 3. The molecule has 0 fully saturated rings. The smallest absolute Gasteiger partial charge is 0.307 e. The summed E-state index contributed by atoms with van der Waals surface area (Å²) in [4.78, 5) is 23.5. The molecule has 0 heterocycles. The summed E-state index contributed by atoms with van der Waals surface area (Å²) in [6.45, 7) is -0.170. The van der Waals surface area contributed by atoms with Crippen LogP contribution in [-0.4, -0.2) is 22.1 Å². The number of carboxylic acids is 1. The zero-order valence-electron chi connectivity index (χ0n) is 16.2. The van der Waals surface area contributed by atoms with Gasteiger partial charge >= 0.3 is 5.97 Å². The standard InChI is InChI=1S/C22H15Br2ClFNO5/c23-15-6-11(8-20(29)30)7-16(24)21(15)32-12-4-5-19(28)13(9-12)22(31)27-10-14-17(25)2-1-3-18(14)26/h1-7,9,28H,8,10H2,(H,27,31)(H,29,30). The Morgan fingerprint density at radius 2 is 1.78 bits per heavy atom. The average molecular weight is 588 g/mol. The second-order valence-corrected chi connectivity index (χ2v) is 8.74. The van der Waals surface area contributed by atoms with Gasteiger partial charge in [-0.1, -0.05) is 17.7 Å². The van der Waals surface area contributed by atoms with E-state index in [0.717, 1.165) is 0 Å². The average Bonchev–Trinajstić information content (AvgIpc) is 2.71. The van der Waals surface area contributed by atoms with Crippen molar-refractivity contribution in [2.24, 2.45) is 0 Å². The van der Waals surface area contributed by atoms with Gasteiger partial charge in [0.05, 0.1) is 20.9 Å². The number of carbonyl (C=O) groups excluding carboxylic acids is 1. The second-order valence-electron chi connectivity index (χ2n) is 6.62. The number of aromatic hydroxyl groups is 1. The van der Waals surface area contributed by atoms with Gasteiger partial charge in [0.15, 0.2) is 5.75 Å². The van der Waals surface area contributed by atoms with Crippen molar-refractivity contribution < 1.29 is 28.9 Å². The predicted octanol–water partition coefficient (Wildman–Crippen LogP) is 6.06. The minimum Gasteiger partial charge on any atom is -0.507 e. The molecule has 0 aliphatic heterocycles. The molecule has 0 unspecified atom stereocenters. The van der Waals surface area contributed by atoms with E-state index in [-0.39, 0.29) is 40.6 Å². The second kappa shape index (κ2) is 10.3. The SMILES string of the molecule is O=C(O)Cc1cc(Br)c(Oc2ccc(O)c(C(=O)NCc3c(F)cccc3Cl)c2)c(Br)c1. The minimum atomic E-state index is -0.969. The van der Waals surface area contributed by atoms with Gasteiger partial charge in [0, 0.05) is 17.1 Å². The van der Waals surface area contributed by atoms with Crippen LogP contribution in [0, 0.1) is 5.82 Å². The van der Waals surface area contributed by atoms with E-state index < -0.39 is 17.7 Å². The number of carbonyl (C=O) groups is 2. The molecule has 10 heteroatoms. The van der Waals surface area contributed by atoms with Crippen LogP contribution in [0.4, 0.5) is 4.39 Å². The highest BCUT2D eigenvalue weighted by atomic mass is 79.9. The van der Waals surface area contributed by atoms with E-state index in [1.807, 2.05) is 0 Å². The van der Waals surface area contributed by atoms with E-state index in [0.29, 0.717) is 20.3 Å². The molecule has 166 valence electrons. The number of carboxylic acid groups (broad SMARTS) is 1. The molecule has 0 aromatic heterocycles. The molecule has 0 bridgehead atoms. The highest BCUT2D eigenvalue weighted by Crippen LogP contribution is 2.39. The Morgan fingerprint density at radius 1 is 1.09 bits per heavy atom. The van der Waals surface area contributed by atoms with Gasteiger partial charge in [-0.3, -0.25) is 9.59 Å². The van der Waals surface area contributed by atoms with Crippen LogP contribution in [0.1, 0.15) is 21.5 Å². The molecule has 0 saturated carbocycles. The van der Waals surface area contributed by atoms with Crippen molar-refractivity contribution in [3.05, 3.63) is 85.0 Å². The number of nitrogens with one attached hydrogen (secondary N) is 1. The molecular formula is C22H15Br2ClFNO5. The van der Waals surface area contributed by atoms with Gasteiger partial charge in [0.2, 0.25) is 0 Å². The third-order valence-electron chi connectivity index (χ3n) is 4.33. The fourth-order valence-electron chi connectivity index (χ4n) is 2.83. The number of amides is 1. The lowest BCUT2D eigenvalue weighted by atomic mass is 10.1. The number of halogens is 4. The summed E-state index contributed by atoms with van der Waals surface area (Å²) >= 11 is 12.7. The zero-order chi connectivity index (χ0) is 23.4. The Hall–Kier alpha value is -2.62. The van der Waals surface area contributed by atoms with Crippen molar-refractivity contribution in [2.75, 3.05) is 0 Å². The number of rotatable bonds is 7.